The van der Waals surface area contributed by atoms with Gasteiger partial charge in [-0.2, -0.15) is 5.10 Å². The Labute approximate surface area is 177 Å². The maximum absolute atomic E-state index is 13.0. The van der Waals surface area contributed by atoms with E-state index in [4.69, 9.17) is 0 Å². The Balaban J connectivity index is 1.88. The first-order valence-corrected chi connectivity index (χ1v) is 11.0. The van der Waals surface area contributed by atoms with Crippen molar-refractivity contribution in [1.82, 2.24) is 14.5 Å². The maximum atomic E-state index is 13.0. The molecule has 0 unspecified atom stereocenters. The van der Waals surface area contributed by atoms with Crippen LogP contribution in [-0.4, -0.2) is 29.6 Å². The first kappa shape index (κ1) is 21.7. The molecule has 2 aromatic carbocycles. The van der Waals surface area contributed by atoms with Crippen molar-refractivity contribution in [3.05, 3.63) is 71.5 Å². The molecule has 30 heavy (non-hydrogen) atoms. The number of sulfonamides is 1. The van der Waals surface area contributed by atoms with E-state index in [2.05, 4.69) is 15.1 Å². The minimum atomic E-state index is -3.71. The van der Waals surface area contributed by atoms with Crippen LogP contribution in [0, 0.1) is 13.8 Å². The molecule has 0 aliphatic rings. The molecule has 0 fully saturated rings. The molecule has 0 spiro atoms. The number of carbonyl (C=O) groups excluding carboxylic acids is 1. The molecule has 158 valence electrons. The Morgan fingerprint density at radius 3 is 2.30 bits per heavy atom. The van der Waals surface area contributed by atoms with Gasteiger partial charge in [0.15, 0.2) is 0 Å². The molecule has 8 heteroatoms. The van der Waals surface area contributed by atoms with Crippen molar-refractivity contribution < 1.29 is 13.2 Å². The van der Waals surface area contributed by atoms with Gasteiger partial charge in [0.25, 0.3) is 5.91 Å². The molecule has 0 bridgehead atoms. The maximum Gasteiger partial charge on any atom is 0.259 e. The lowest BCUT2D eigenvalue weighted by molar-refractivity contribution is 0.102. The summed E-state index contributed by atoms with van der Waals surface area (Å²) in [4.78, 5) is 13.0. The van der Waals surface area contributed by atoms with Gasteiger partial charge in [-0.3, -0.25) is 4.79 Å². The van der Waals surface area contributed by atoms with Crippen LogP contribution in [-0.2, 0) is 10.0 Å². The average Bonchev–Trinajstić information content (AvgIpc) is 2.95. The number of aryl methyl sites for hydroxylation is 1. The first-order valence-electron chi connectivity index (χ1n) is 9.55. The molecule has 1 aromatic heterocycles. The van der Waals surface area contributed by atoms with E-state index in [1.54, 1.807) is 44.5 Å². The van der Waals surface area contributed by atoms with E-state index in [9.17, 15) is 13.2 Å². The summed E-state index contributed by atoms with van der Waals surface area (Å²) in [5, 5.41) is 7.29. The number of aromatic nitrogens is 2. The highest BCUT2D eigenvalue weighted by atomic mass is 32.2. The molecule has 3 aromatic rings. The minimum absolute atomic E-state index is 0.0867. The fourth-order valence-corrected chi connectivity index (χ4v) is 4.65. The van der Waals surface area contributed by atoms with E-state index in [0.717, 1.165) is 5.69 Å². The summed E-state index contributed by atoms with van der Waals surface area (Å²) in [6.45, 7) is 8.91. The number of nitrogens with zero attached hydrogens (tertiary/aromatic N) is 2. The van der Waals surface area contributed by atoms with Crippen molar-refractivity contribution in [3.8, 4) is 5.69 Å². The number of anilines is 1. The molecule has 7 nitrogen and oxygen atoms in total. The smallest absolute Gasteiger partial charge is 0.259 e. The highest BCUT2D eigenvalue weighted by Gasteiger charge is 2.23. The van der Waals surface area contributed by atoms with Crippen LogP contribution in [0.4, 0.5) is 5.69 Å². The van der Waals surface area contributed by atoms with Crippen LogP contribution in [0.25, 0.3) is 5.69 Å². The van der Waals surface area contributed by atoms with E-state index in [-0.39, 0.29) is 10.8 Å². The number of amides is 1. The van der Waals surface area contributed by atoms with Gasteiger partial charge in [0.1, 0.15) is 0 Å². The topological polar surface area (TPSA) is 93.1 Å². The van der Waals surface area contributed by atoms with Crippen molar-refractivity contribution in [1.29, 1.82) is 0 Å². The van der Waals surface area contributed by atoms with Crippen LogP contribution in [0.1, 0.15) is 42.5 Å². The Bertz CT molecular complexity index is 1180. The van der Waals surface area contributed by atoms with Crippen molar-refractivity contribution in [2.45, 2.75) is 45.1 Å². The molecule has 1 amide bonds. The van der Waals surface area contributed by atoms with E-state index in [1.165, 1.54) is 12.1 Å². The molecule has 3 rings (SSSR count). The summed E-state index contributed by atoms with van der Waals surface area (Å²) in [7, 11) is -3.71. The number of benzene rings is 2. The molecule has 0 aliphatic heterocycles. The molecular formula is C22H26N4O3S. The fraction of sp³-hybridized carbons (Fsp3) is 0.273. The predicted molar refractivity (Wildman–Crippen MR) is 118 cm³/mol. The van der Waals surface area contributed by atoms with Crippen molar-refractivity contribution >= 4 is 21.6 Å². The van der Waals surface area contributed by atoms with Crippen LogP contribution in [0.2, 0.25) is 0 Å². The SMILES string of the molecule is Cc1nn(-c2ccccc2)c(C)c1C(=O)Nc1cccc(S(=O)(=O)NC(C)(C)C)c1. The number of carbonyl (C=O) groups is 1. The summed E-state index contributed by atoms with van der Waals surface area (Å²) in [5.41, 5.74) is 2.39. The lowest BCUT2D eigenvalue weighted by atomic mass is 10.1. The van der Waals surface area contributed by atoms with Gasteiger partial charge in [0, 0.05) is 11.2 Å². The highest BCUT2D eigenvalue weighted by molar-refractivity contribution is 7.89. The Morgan fingerprint density at radius 1 is 1.00 bits per heavy atom. The highest BCUT2D eigenvalue weighted by Crippen LogP contribution is 2.21. The molecule has 0 saturated carbocycles. The monoisotopic (exact) mass is 426 g/mol. The normalized spacial score (nSPS) is 12.0. The van der Waals surface area contributed by atoms with E-state index in [1.807, 2.05) is 37.3 Å². The average molecular weight is 427 g/mol. The molecule has 1 heterocycles. The van der Waals surface area contributed by atoms with Crippen LogP contribution in [0.15, 0.2) is 59.5 Å². The Morgan fingerprint density at radius 2 is 1.67 bits per heavy atom. The quantitative estimate of drug-likeness (QED) is 0.649. The van der Waals surface area contributed by atoms with Gasteiger partial charge < -0.3 is 5.32 Å². The fourth-order valence-electron chi connectivity index (χ4n) is 3.19. The number of rotatable bonds is 5. The predicted octanol–water partition coefficient (Wildman–Crippen LogP) is 3.82. The molecule has 0 aliphatic carbocycles. The van der Waals surface area contributed by atoms with E-state index in [0.29, 0.717) is 22.6 Å². The standard InChI is InChI=1S/C22H26N4O3S/c1-15-20(16(2)26(24-15)18-11-7-6-8-12-18)21(27)23-17-10-9-13-19(14-17)30(28,29)25-22(3,4)5/h6-14,25H,1-5H3,(H,23,27). The minimum Gasteiger partial charge on any atom is -0.322 e. The summed E-state index contributed by atoms with van der Waals surface area (Å²) in [6.07, 6.45) is 0. The number of nitrogens with one attached hydrogen (secondary N) is 2. The van der Waals surface area contributed by atoms with Gasteiger partial charge in [0.2, 0.25) is 10.0 Å². The van der Waals surface area contributed by atoms with Crippen molar-refractivity contribution in [2.75, 3.05) is 5.32 Å². The van der Waals surface area contributed by atoms with Gasteiger partial charge in [-0.15, -0.1) is 0 Å². The van der Waals surface area contributed by atoms with Crippen molar-refractivity contribution in [2.24, 2.45) is 0 Å². The van der Waals surface area contributed by atoms with Crippen LogP contribution < -0.4 is 10.0 Å². The summed E-state index contributed by atoms with van der Waals surface area (Å²) < 4.78 is 29.5. The van der Waals surface area contributed by atoms with Crippen LogP contribution in [0.3, 0.4) is 0 Å². The zero-order valence-electron chi connectivity index (χ0n) is 17.7. The van der Waals surface area contributed by atoms with Crippen molar-refractivity contribution in [3.63, 3.8) is 0 Å². The molecule has 0 saturated heterocycles. The summed E-state index contributed by atoms with van der Waals surface area (Å²) >= 11 is 0. The first-order chi connectivity index (χ1) is 14.0. The molecule has 2 N–H and O–H groups in total. The third kappa shape index (κ3) is 4.77. The van der Waals surface area contributed by atoms with Crippen LogP contribution >= 0.6 is 0 Å². The van der Waals surface area contributed by atoms with Gasteiger partial charge in [-0.1, -0.05) is 24.3 Å². The second-order valence-corrected chi connectivity index (χ2v) is 9.81. The zero-order valence-corrected chi connectivity index (χ0v) is 18.5. The van der Waals surface area contributed by atoms with Gasteiger partial charge in [-0.25, -0.2) is 17.8 Å². The zero-order chi connectivity index (χ0) is 22.1. The third-order valence-electron chi connectivity index (χ3n) is 4.36. The van der Waals surface area contributed by atoms with E-state index >= 15 is 0 Å². The lowest BCUT2D eigenvalue weighted by Gasteiger charge is -2.20. The molecular weight excluding hydrogens is 400 g/mol. The molecule has 0 radical (unpaired) electrons. The van der Waals surface area contributed by atoms with Gasteiger partial charge in [-0.05, 0) is 65.0 Å². The van der Waals surface area contributed by atoms with Crippen LogP contribution in [0.5, 0.6) is 0 Å². The largest absolute Gasteiger partial charge is 0.322 e. The second-order valence-electron chi connectivity index (χ2n) is 8.13. The number of hydrogen-bond acceptors (Lipinski definition) is 4. The van der Waals surface area contributed by atoms with E-state index < -0.39 is 15.6 Å². The Kier molecular flexibility index (Phi) is 5.83. The number of para-hydroxylation sites is 1. The lowest BCUT2D eigenvalue weighted by Crippen LogP contribution is -2.40. The molecule has 0 atom stereocenters. The third-order valence-corrected chi connectivity index (χ3v) is 6.12. The number of hydrogen-bond donors (Lipinski definition) is 2. The van der Waals surface area contributed by atoms with Gasteiger partial charge >= 0.3 is 0 Å². The summed E-state index contributed by atoms with van der Waals surface area (Å²) in [6, 6.07) is 15.7. The second kappa shape index (κ2) is 8.04. The van der Waals surface area contributed by atoms with Gasteiger partial charge in [0.05, 0.1) is 27.5 Å². The Hall–Kier alpha value is -2.97. The summed E-state index contributed by atoms with van der Waals surface area (Å²) in [5.74, 6) is -0.342.